The third-order valence-electron chi connectivity index (χ3n) is 10.1. The molecule has 1 aliphatic heterocycles. The Morgan fingerprint density at radius 2 is 1.44 bits per heavy atom. The van der Waals surface area contributed by atoms with Crippen LogP contribution in [-0.4, -0.2) is 59.1 Å². The van der Waals surface area contributed by atoms with Gasteiger partial charge in [-0.05, 0) is 62.7 Å². The normalized spacial score (nSPS) is 42.0. The first-order valence-electron chi connectivity index (χ1n) is 13.0. The lowest BCUT2D eigenvalue weighted by molar-refractivity contribution is -0.371. The molecule has 14 heteroatoms. The molecule has 0 aromatic rings. The van der Waals surface area contributed by atoms with Crippen LogP contribution in [0.5, 0.6) is 0 Å². The molecule has 0 radical (unpaired) electrons. The number of aliphatic carboxylic acids is 1. The van der Waals surface area contributed by atoms with Crippen LogP contribution in [0.25, 0.3) is 0 Å². The molecule has 39 heavy (non-hydrogen) atoms. The van der Waals surface area contributed by atoms with Crippen LogP contribution < -0.4 is 0 Å². The quantitative estimate of drug-likeness (QED) is 0.292. The average Bonchev–Trinajstić information content (AvgIpc) is 3.39. The molecule has 6 aliphatic carbocycles. The van der Waals surface area contributed by atoms with Gasteiger partial charge in [0.05, 0.1) is 17.3 Å². The molecule has 7 aliphatic rings. The Kier molecular flexibility index (Phi) is 5.64. The lowest BCUT2D eigenvalue weighted by Gasteiger charge is -2.55. The highest BCUT2D eigenvalue weighted by atomic mass is 19.4. The number of carboxylic acids is 1. The Hall–Kier alpha value is -2.54. The van der Waals surface area contributed by atoms with Crippen LogP contribution in [0.3, 0.4) is 0 Å². The molecule has 0 aromatic carbocycles. The zero-order valence-electron chi connectivity index (χ0n) is 20.4. The molecule has 6 atom stereocenters. The Labute approximate surface area is 217 Å². The number of rotatable bonds is 6. The molecule has 1 heterocycles. The minimum atomic E-state index is -6.32. The van der Waals surface area contributed by atoms with Crippen molar-refractivity contribution in [3.8, 4) is 0 Å². The van der Waals surface area contributed by atoms with Crippen molar-refractivity contribution in [3.05, 3.63) is 0 Å². The van der Waals surface area contributed by atoms with Crippen molar-refractivity contribution >= 4 is 23.9 Å². The lowest BCUT2D eigenvalue weighted by atomic mass is 9.49. The number of halogens is 6. The SMILES string of the molecule is O=C(O)CC(OC(=O)C1C2CC3C(OC(=O)C31)C2OC(=O)C12CC3CC(CC(C3)C1)C2)(C(F)(F)F)C(F)(F)F. The van der Waals surface area contributed by atoms with Gasteiger partial charge in [-0.1, -0.05) is 0 Å². The second-order valence-corrected chi connectivity index (χ2v) is 12.4. The van der Waals surface area contributed by atoms with Gasteiger partial charge >= 0.3 is 41.8 Å². The maximum Gasteiger partial charge on any atom is 0.438 e. The van der Waals surface area contributed by atoms with Crippen molar-refractivity contribution in [1.29, 1.82) is 0 Å². The van der Waals surface area contributed by atoms with Gasteiger partial charge in [0.1, 0.15) is 18.6 Å². The van der Waals surface area contributed by atoms with E-state index in [1.54, 1.807) is 0 Å². The number of hydrogen-bond acceptors (Lipinski definition) is 7. The van der Waals surface area contributed by atoms with E-state index in [1.807, 2.05) is 0 Å². The molecule has 0 aromatic heterocycles. The van der Waals surface area contributed by atoms with Crippen molar-refractivity contribution in [2.75, 3.05) is 0 Å². The van der Waals surface area contributed by atoms with Gasteiger partial charge in [0.2, 0.25) is 0 Å². The maximum absolute atomic E-state index is 13.7. The number of carbonyl (C=O) groups is 4. The summed E-state index contributed by atoms with van der Waals surface area (Å²) in [4.78, 5) is 50.2. The summed E-state index contributed by atoms with van der Waals surface area (Å²) in [5, 5.41) is 8.84. The van der Waals surface area contributed by atoms with Crippen molar-refractivity contribution in [1.82, 2.24) is 0 Å². The van der Waals surface area contributed by atoms with E-state index in [2.05, 4.69) is 4.74 Å². The van der Waals surface area contributed by atoms with Crippen LogP contribution >= 0.6 is 0 Å². The van der Waals surface area contributed by atoms with E-state index in [0.717, 1.165) is 19.3 Å². The Morgan fingerprint density at radius 1 is 0.897 bits per heavy atom. The summed E-state index contributed by atoms with van der Waals surface area (Å²) in [6.07, 6.45) is -12.4. The molecule has 1 saturated heterocycles. The van der Waals surface area contributed by atoms with Crippen molar-refractivity contribution < 1.29 is 64.8 Å². The fourth-order valence-corrected chi connectivity index (χ4v) is 9.04. The van der Waals surface area contributed by atoms with Gasteiger partial charge in [-0.2, -0.15) is 26.3 Å². The molecular formula is C25H26F6O8. The molecule has 7 rings (SSSR count). The van der Waals surface area contributed by atoms with Crippen LogP contribution in [0.1, 0.15) is 51.4 Å². The number of fused-ring (bicyclic) bond motifs is 1. The highest BCUT2D eigenvalue weighted by molar-refractivity contribution is 5.87. The topological polar surface area (TPSA) is 116 Å². The highest BCUT2D eigenvalue weighted by Gasteiger charge is 2.77. The third kappa shape index (κ3) is 3.78. The minimum absolute atomic E-state index is 0.00360. The van der Waals surface area contributed by atoms with Crippen molar-refractivity contribution in [2.24, 2.45) is 46.8 Å². The number of carbonyl (C=O) groups excluding carboxylic acids is 3. The first-order valence-corrected chi connectivity index (χ1v) is 13.0. The van der Waals surface area contributed by atoms with E-state index in [0.29, 0.717) is 37.0 Å². The zero-order chi connectivity index (χ0) is 28.3. The fraction of sp³-hybridized carbons (Fsp3) is 0.840. The fourth-order valence-electron chi connectivity index (χ4n) is 9.04. The molecule has 0 amide bonds. The summed E-state index contributed by atoms with van der Waals surface area (Å²) in [7, 11) is 0. The van der Waals surface area contributed by atoms with Crippen LogP contribution in [0.2, 0.25) is 0 Å². The Bertz CT molecular complexity index is 1070. The molecule has 6 saturated carbocycles. The first-order chi connectivity index (χ1) is 18.1. The molecule has 8 nitrogen and oxygen atoms in total. The van der Waals surface area contributed by atoms with Crippen LogP contribution in [-0.2, 0) is 33.4 Å². The molecular weight excluding hydrogens is 542 g/mol. The standard InChI is InChI=1S/C25H26F6O8/c26-24(27,28)23(8-14(32)33,25(29,30)31)39-20(35)16-13-4-12-15(16)19(34)37-17(12)18(13)38-21(36)22-5-9-1-10(6-22)3-11(2-9)7-22/h9-13,15-18H,1-8H2,(H,32,33). The van der Waals surface area contributed by atoms with Crippen LogP contribution in [0, 0.1) is 46.8 Å². The van der Waals surface area contributed by atoms with Gasteiger partial charge in [-0.3, -0.25) is 19.2 Å². The number of carboxylic acid groups (broad SMARTS) is 1. The summed E-state index contributed by atoms with van der Waals surface area (Å²) < 4.78 is 97.5. The van der Waals surface area contributed by atoms with Gasteiger partial charge in [-0.25, -0.2) is 0 Å². The van der Waals surface area contributed by atoms with Crippen molar-refractivity contribution in [3.63, 3.8) is 0 Å². The number of alkyl halides is 6. The van der Waals surface area contributed by atoms with Gasteiger partial charge in [0, 0.05) is 11.8 Å². The van der Waals surface area contributed by atoms with E-state index in [4.69, 9.17) is 14.6 Å². The predicted molar refractivity (Wildman–Crippen MR) is 112 cm³/mol. The largest absolute Gasteiger partial charge is 0.481 e. The second kappa shape index (κ2) is 8.25. The Morgan fingerprint density at radius 3 is 1.92 bits per heavy atom. The molecule has 216 valence electrons. The van der Waals surface area contributed by atoms with E-state index in [9.17, 15) is 45.5 Å². The minimum Gasteiger partial charge on any atom is -0.481 e. The molecule has 7 fully saturated rings. The molecule has 6 unspecified atom stereocenters. The number of hydrogen-bond donors (Lipinski definition) is 1. The van der Waals surface area contributed by atoms with E-state index >= 15 is 0 Å². The van der Waals surface area contributed by atoms with Gasteiger partial charge in [-0.15, -0.1) is 0 Å². The van der Waals surface area contributed by atoms with Crippen molar-refractivity contribution in [2.45, 2.75) is 81.5 Å². The van der Waals surface area contributed by atoms with Crippen LogP contribution in [0.4, 0.5) is 26.3 Å². The van der Waals surface area contributed by atoms with Gasteiger partial charge in [0.15, 0.2) is 0 Å². The summed E-state index contributed by atoms with van der Waals surface area (Å²) >= 11 is 0. The van der Waals surface area contributed by atoms with E-state index in [1.165, 1.54) is 0 Å². The highest BCUT2D eigenvalue weighted by Crippen LogP contribution is 2.63. The first kappa shape index (κ1) is 26.7. The second-order valence-electron chi connectivity index (χ2n) is 12.4. The van der Waals surface area contributed by atoms with Gasteiger partial charge < -0.3 is 19.3 Å². The molecule has 0 spiro atoms. The van der Waals surface area contributed by atoms with Crippen LogP contribution in [0.15, 0.2) is 0 Å². The lowest BCUT2D eigenvalue weighted by Crippen LogP contribution is -2.61. The monoisotopic (exact) mass is 568 g/mol. The summed E-state index contributed by atoms with van der Waals surface area (Å²) in [5.41, 5.74) is -6.06. The summed E-state index contributed by atoms with van der Waals surface area (Å²) in [5.74, 6) is -9.93. The average molecular weight is 568 g/mol. The third-order valence-corrected chi connectivity index (χ3v) is 10.1. The zero-order valence-corrected chi connectivity index (χ0v) is 20.4. The van der Waals surface area contributed by atoms with Gasteiger partial charge in [0.25, 0.3) is 0 Å². The smallest absolute Gasteiger partial charge is 0.438 e. The van der Waals surface area contributed by atoms with E-state index in [-0.39, 0.29) is 6.42 Å². The molecule has 1 N–H and O–H groups in total. The van der Waals surface area contributed by atoms with E-state index < -0.39 is 89.5 Å². The number of esters is 3. The maximum atomic E-state index is 13.7. The summed E-state index contributed by atoms with van der Waals surface area (Å²) in [6, 6.07) is 0. The molecule has 6 bridgehead atoms. The number of ether oxygens (including phenoxy) is 3. The Balaban J connectivity index is 1.27. The summed E-state index contributed by atoms with van der Waals surface area (Å²) in [6.45, 7) is 0. The predicted octanol–water partition coefficient (Wildman–Crippen LogP) is 3.80.